The smallest absolute Gasteiger partial charge is 0.268 e. The molecule has 0 unspecified atom stereocenters. The molecule has 2 amide bonds. The summed E-state index contributed by atoms with van der Waals surface area (Å²) >= 11 is 6.31. The first-order valence-corrected chi connectivity index (χ1v) is 5.43. The Morgan fingerprint density at radius 2 is 1.67 bits per heavy atom. The van der Waals surface area contributed by atoms with Crippen molar-refractivity contribution in [2.75, 3.05) is 0 Å². The van der Waals surface area contributed by atoms with E-state index in [1.54, 1.807) is 24.3 Å². The molecule has 0 radical (unpaired) electrons. The SMILES string of the molecule is O=C1c2ccccc2C(=O)N1S/C=C/Cl. The number of rotatable bonds is 2. The summed E-state index contributed by atoms with van der Waals surface area (Å²) in [5, 5.41) is 1.48. The molecule has 5 heteroatoms. The molecule has 76 valence electrons. The van der Waals surface area contributed by atoms with Crippen molar-refractivity contribution in [1.82, 2.24) is 4.31 Å². The Morgan fingerprint density at radius 3 is 2.13 bits per heavy atom. The monoisotopic (exact) mass is 239 g/mol. The lowest BCUT2D eigenvalue weighted by Crippen LogP contribution is -2.21. The summed E-state index contributed by atoms with van der Waals surface area (Å²) in [6.07, 6.45) is 0. The van der Waals surface area contributed by atoms with Crippen molar-refractivity contribution in [3.63, 3.8) is 0 Å². The van der Waals surface area contributed by atoms with Gasteiger partial charge in [0.1, 0.15) is 0 Å². The lowest BCUT2D eigenvalue weighted by Gasteiger charge is -2.07. The van der Waals surface area contributed by atoms with Crippen molar-refractivity contribution in [2.24, 2.45) is 0 Å². The number of carbonyl (C=O) groups excluding carboxylic acids is 2. The molecule has 0 fully saturated rings. The number of fused-ring (bicyclic) bond motifs is 1. The number of halogens is 1. The largest absolute Gasteiger partial charge is 0.272 e. The average Bonchev–Trinajstić information content (AvgIpc) is 2.51. The lowest BCUT2D eigenvalue weighted by molar-refractivity contribution is 0.0778. The van der Waals surface area contributed by atoms with Crippen molar-refractivity contribution < 1.29 is 9.59 Å². The third-order valence-corrected chi connectivity index (χ3v) is 3.05. The summed E-state index contributed by atoms with van der Waals surface area (Å²) in [6, 6.07) is 6.74. The Kier molecular flexibility index (Phi) is 2.79. The zero-order valence-electron chi connectivity index (χ0n) is 7.51. The van der Waals surface area contributed by atoms with Crippen LogP contribution in [0.3, 0.4) is 0 Å². The highest BCUT2D eigenvalue weighted by atomic mass is 35.5. The van der Waals surface area contributed by atoms with Gasteiger partial charge in [-0.2, -0.15) is 0 Å². The Hall–Kier alpha value is -1.26. The third-order valence-electron chi connectivity index (χ3n) is 1.97. The number of hydrogen-bond acceptors (Lipinski definition) is 3. The van der Waals surface area contributed by atoms with Gasteiger partial charge < -0.3 is 0 Å². The molecule has 0 saturated carbocycles. The highest BCUT2D eigenvalue weighted by molar-refractivity contribution is 8.01. The fraction of sp³-hybridized carbons (Fsp3) is 0. The summed E-state index contributed by atoms with van der Waals surface area (Å²) in [5.74, 6) is -0.592. The van der Waals surface area contributed by atoms with Gasteiger partial charge in [-0.15, -0.1) is 0 Å². The maximum Gasteiger partial charge on any atom is 0.272 e. The summed E-state index contributed by atoms with van der Waals surface area (Å²) in [5.41, 5.74) is 2.14. The van der Waals surface area contributed by atoms with Crippen LogP contribution in [-0.4, -0.2) is 16.1 Å². The van der Waals surface area contributed by atoms with Gasteiger partial charge in [0, 0.05) is 10.9 Å². The van der Waals surface area contributed by atoms with Gasteiger partial charge in [-0.1, -0.05) is 23.7 Å². The molecule has 0 N–H and O–H groups in total. The Balaban J connectivity index is 2.37. The van der Waals surface area contributed by atoms with E-state index in [1.165, 1.54) is 10.9 Å². The summed E-state index contributed by atoms with van der Waals surface area (Å²) in [4.78, 5) is 23.4. The molecule has 0 aromatic heterocycles. The Morgan fingerprint density at radius 1 is 1.13 bits per heavy atom. The van der Waals surface area contributed by atoms with Crippen LogP contribution in [0.5, 0.6) is 0 Å². The fourth-order valence-electron chi connectivity index (χ4n) is 1.35. The molecule has 0 atom stereocenters. The summed E-state index contributed by atoms with van der Waals surface area (Å²) < 4.78 is 1.09. The first kappa shape index (κ1) is 10.3. The topological polar surface area (TPSA) is 37.4 Å². The maximum absolute atomic E-state index is 11.7. The first-order valence-electron chi connectivity index (χ1n) is 4.15. The van der Waals surface area contributed by atoms with Crippen molar-refractivity contribution in [3.05, 3.63) is 46.3 Å². The van der Waals surface area contributed by atoms with E-state index in [1.807, 2.05) is 0 Å². The van der Waals surface area contributed by atoms with Gasteiger partial charge in [-0.05, 0) is 24.1 Å². The molecule has 1 aromatic carbocycles. The van der Waals surface area contributed by atoms with Crippen molar-refractivity contribution in [3.8, 4) is 0 Å². The van der Waals surface area contributed by atoms with Gasteiger partial charge in [0.25, 0.3) is 11.8 Å². The van der Waals surface area contributed by atoms with Crippen LogP contribution in [0.1, 0.15) is 20.7 Å². The molecule has 15 heavy (non-hydrogen) atoms. The predicted molar refractivity (Wildman–Crippen MR) is 59.5 cm³/mol. The Labute approximate surface area is 95.8 Å². The predicted octanol–water partition coefficient (Wildman–Crippen LogP) is 2.64. The second-order valence-electron chi connectivity index (χ2n) is 2.82. The molecular weight excluding hydrogens is 234 g/mol. The number of nitrogens with zero attached hydrogens (tertiary/aromatic N) is 1. The molecule has 0 bridgehead atoms. The summed E-state index contributed by atoms with van der Waals surface area (Å²) in [6.45, 7) is 0. The van der Waals surface area contributed by atoms with Crippen LogP contribution in [0, 0.1) is 0 Å². The standard InChI is InChI=1S/C10H6ClNO2S/c11-5-6-15-12-9(13)7-3-1-2-4-8(7)10(12)14/h1-6H/b6-5+. The average molecular weight is 240 g/mol. The van der Waals surface area contributed by atoms with E-state index in [4.69, 9.17) is 11.6 Å². The third kappa shape index (κ3) is 1.66. The second-order valence-corrected chi connectivity index (χ2v) is 3.92. The van der Waals surface area contributed by atoms with E-state index in [0.717, 1.165) is 16.3 Å². The van der Waals surface area contributed by atoms with E-state index in [2.05, 4.69) is 0 Å². The molecule has 0 aliphatic carbocycles. The van der Waals surface area contributed by atoms with Gasteiger partial charge in [0.2, 0.25) is 0 Å². The minimum Gasteiger partial charge on any atom is -0.268 e. The van der Waals surface area contributed by atoms with Gasteiger partial charge >= 0.3 is 0 Å². The molecule has 0 saturated heterocycles. The highest BCUT2D eigenvalue weighted by Crippen LogP contribution is 2.28. The second kappa shape index (κ2) is 4.08. The normalized spacial score (nSPS) is 15.1. The van der Waals surface area contributed by atoms with E-state index in [9.17, 15) is 9.59 Å². The molecule has 3 nitrogen and oxygen atoms in total. The molecule has 1 aliphatic rings. The zero-order valence-corrected chi connectivity index (χ0v) is 9.09. The van der Waals surface area contributed by atoms with Crippen LogP contribution in [0.25, 0.3) is 0 Å². The number of carbonyl (C=O) groups is 2. The van der Waals surface area contributed by atoms with E-state index >= 15 is 0 Å². The van der Waals surface area contributed by atoms with E-state index < -0.39 is 0 Å². The van der Waals surface area contributed by atoms with Gasteiger partial charge in [-0.3, -0.25) is 9.59 Å². The van der Waals surface area contributed by atoms with Gasteiger partial charge in [0.05, 0.1) is 11.1 Å². The quantitative estimate of drug-likeness (QED) is 0.588. The minimum atomic E-state index is -0.296. The van der Waals surface area contributed by atoms with Gasteiger partial charge in [-0.25, -0.2) is 4.31 Å². The molecule has 2 rings (SSSR count). The first-order chi connectivity index (χ1) is 7.25. The molecule has 1 heterocycles. The summed E-state index contributed by atoms with van der Waals surface area (Å²) in [7, 11) is 0. The molecule has 1 aliphatic heterocycles. The number of hydrogen-bond donors (Lipinski definition) is 0. The van der Waals surface area contributed by atoms with E-state index in [-0.39, 0.29) is 11.8 Å². The van der Waals surface area contributed by atoms with Crippen molar-refractivity contribution in [1.29, 1.82) is 0 Å². The van der Waals surface area contributed by atoms with Crippen molar-refractivity contribution in [2.45, 2.75) is 0 Å². The number of benzene rings is 1. The van der Waals surface area contributed by atoms with E-state index in [0.29, 0.717) is 11.1 Å². The lowest BCUT2D eigenvalue weighted by atomic mass is 10.1. The van der Waals surface area contributed by atoms with Crippen LogP contribution < -0.4 is 0 Å². The molecular formula is C10H6ClNO2S. The Bertz CT molecular complexity index is 423. The number of imide groups is 1. The van der Waals surface area contributed by atoms with Gasteiger partial charge in [0.15, 0.2) is 0 Å². The van der Waals surface area contributed by atoms with Crippen molar-refractivity contribution >= 4 is 35.4 Å². The van der Waals surface area contributed by atoms with Crippen LogP contribution >= 0.6 is 23.5 Å². The zero-order chi connectivity index (χ0) is 10.8. The van der Waals surface area contributed by atoms with Crippen LogP contribution in [0.2, 0.25) is 0 Å². The molecule has 0 spiro atoms. The minimum absolute atomic E-state index is 0.296. The maximum atomic E-state index is 11.7. The molecule has 1 aromatic rings. The van der Waals surface area contributed by atoms with Crippen LogP contribution in [0.4, 0.5) is 0 Å². The van der Waals surface area contributed by atoms with Crippen LogP contribution in [0.15, 0.2) is 35.2 Å². The van der Waals surface area contributed by atoms with Crippen LogP contribution in [-0.2, 0) is 0 Å². The fourth-order valence-corrected chi connectivity index (χ4v) is 2.04. The number of amides is 2. The highest BCUT2D eigenvalue weighted by Gasteiger charge is 2.35.